The first-order valence-electron chi connectivity index (χ1n) is 13.8. The average Bonchev–Trinajstić information content (AvgIpc) is 2.89. The Morgan fingerprint density at radius 3 is 1.81 bits per heavy atom. The van der Waals surface area contributed by atoms with Crippen molar-refractivity contribution in [2.75, 3.05) is 13.2 Å². The number of alkyl halides is 1. The van der Waals surface area contributed by atoms with E-state index in [1.54, 1.807) is 25.4 Å². The molecule has 8 nitrogen and oxygen atoms in total. The Bertz CT molecular complexity index is 1190. The molecule has 0 saturated carbocycles. The zero-order chi connectivity index (χ0) is 31.7. The van der Waals surface area contributed by atoms with Gasteiger partial charge in [0.25, 0.3) is 5.56 Å². The van der Waals surface area contributed by atoms with Crippen LogP contribution in [0.4, 0.5) is 0 Å². The molecular weight excluding hydrogens is 736 g/mol. The molecule has 1 N–H and O–H groups in total. The highest BCUT2D eigenvalue weighted by Gasteiger charge is 2.23. The van der Waals surface area contributed by atoms with Crippen LogP contribution in [0.3, 0.4) is 0 Å². The Labute approximate surface area is 276 Å². The van der Waals surface area contributed by atoms with Crippen LogP contribution in [0.5, 0.6) is 0 Å². The van der Waals surface area contributed by atoms with Crippen LogP contribution in [0.1, 0.15) is 91.8 Å². The molecule has 42 heavy (non-hydrogen) atoms. The van der Waals surface area contributed by atoms with Gasteiger partial charge in [0.05, 0.1) is 13.2 Å². The van der Waals surface area contributed by atoms with Crippen LogP contribution in [0, 0.1) is 25.7 Å². The number of carbonyl (C=O) groups excluding carboxylic acids is 2. The van der Waals surface area contributed by atoms with Crippen molar-refractivity contribution >= 4 is 59.7 Å². The van der Waals surface area contributed by atoms with Crippen molar-refractivity contribution in [2.24, 2.45) is 11.8 Å². The minimum atomic E-state index is -0.554. The second-order valence-corrected chi connectivity index (χ2v) is 13.1. The van der Waals surface area contributed by atoms with E-state index in [9.17, 15) is 19.2 Å². The molecule has 0 spiro atoms. The van der Waals surface area contributed by atoms with E-state index >= 15 is 0 Å². The molecule has 0 aliphatic rings. The summed E-state index contributed by atoms with van der Waals surface area (Å²) >= 11 is 9.96. The summed E-state index contributed by atoms with van der Waals surface area (Å²) in [6.07, 6.45) is 6.69. The zero-order valence-corrected chi connectivity index (χ0v) is 30.2. The quantitative estimate of drug-likeness (QED) is 0.182. The van der Waals surface area contributed by atoms with Crippen LogP contribution in [0.25, 0.3) is 0 Å². The van der Waals surface area contributed by atoms with E-state index in [2.05, 4.69) is 80.5 Å². The first kappa shape index (κ1) is 42.4. The number of halogens is 3. The number of nitrogens with zero attached hydrogens (tertiary/aromatic N) is 1. The molecule has 0 amide bonds. The van der Waals surface area contributed by atoms with Crippen molar-refractivity contribution in [1.82, 2.24) is 9.55 Å². The highest BCUT2D eigenvalue weighted by molar-refractivity contribution is 9.11. The van der Waals surface area contributed by atoms with Crippen LogP contribution in [-0.2, 0) is 19.1 Å². The normalized spacial score (nSPS) is 11.7. The Morgan fingerprint density at radius 1 is 0.833 bits per heavy atom. The molecule has 0 aliphatic carbocycles. The van der Waals surface area contributed by atoms with Crippen LogP contribution in [-0.4, -0.2) is 39.5 Å². The number of aryl methyl sites for hydroxylation is 2. The maximum absolute atomic E-state index is 12.1. The van der Waals surface area contributed by atoms with E-state index in [4.69, 9.17) is 9.47 Å². The van der Waals surface area contributed by atoms with Crippen LogP contribution >= 0.6 is 47.8 Å². The van der Waals surface area contributed by atoms with Crippen molar-refractivity contribution in [1.29, 1.82) is 0 Å². The second kappa shape index (κ2) is 22.8. The van der Waals surface area contributed by atoms with Gasteiger partial charge in [-0.05, 0) is 108 Å². The number of nitrogens with one attached hydrogen (secondary N) is 1. The minimum Gasteiger partial charge on any atom is -0.465 e. The van der Waals surface area contributed by atoms with Gasteiger partial charge in [0.2, 0.25) is 5.56 Å². The van der Waals surface area contributed by atoms with Gasteiger partial charge in [-0.1, -0.05) is 51.1 Å². The number of carbonyl (C=O) groups is 2. The molecule has 2 rings (SSSR count). The smallest absolute Gasteiger partial charge is 0.329 e. The van der Waals surface area contributed by atoms with E-state index < -0.39 is 6.04 Å². The lowest BCUT2D eigenvalue weighted by atomic mass is 10.0. The topological polar surface area (TPSA) is 107 Å². The number of ether oxygens (including phenoxy) is 2. The van der Waals surface area contributed by atoms with Gasteiger partial charge in [-0.3, -0.25) is 14.4 Å². The van der Waals surface area contributed by atoms with Crippen LogP contribution in [0.2, 0.25) is 0 Å². The lowest BCUT2D eigenvalue weighted by Gasteiger charge is -2.20. The molecular formula is C31H49Br3N2O6. The molecule has 0 bridgehead atoms. The third-order valence-corrected chi connectivity index (χ3v) is 8.26. The summed E-state index contributed by atoms with van der Waals surface area (Å²) in [6.45, 7) is 16.6. The minimum absolute atomic E-state index is 0. The lowest BCUT2D eigenvalue weighted by Crippen LogP contribution is -2.31. The monoisotopic (exact) mass is 782 g/mol. The van der Waals surface area contributed by atoms with Crippen molar-refractivity contribution < 1.29 is 19.1 Å². The summed E-state index contributed by atoms with van der Waals surface area (Å²) in [5.74, 6) is 0.625. The first-order chi connectivity index (χ1) is 19.1. The molecule has 0 fully saturated rings. The van der Waals surface area contributed by atoms with Gasteiger partial charge in [-0.15, -0.1) is 0 Å². The predicted octanol–water partition coefficient (Wildman–Crippen LogP) is 8.29. The largest absolute Gasteiger partial charge is 0.465 e. The van der Waals surface area contributed by atoms with Gasteiger partial charge in [0.15, 0.2) is 0 Å². The van der Waals surface area contributed by atoms with Crippen molar-refractivity contribution in [3.8, 4) is 0 Å². The number of hydrogen-bond donors (Lipinski definition) is 1. The van der Waals surface area contributed by atoms with Gasteiger partial charge < -0.3 is 19.0 Å². The zero-order valence-electron chi connectivity index (χ0n) is 25.4. The van der Waals surface area contributed by atoms with Crippen LogP contribution < -0.4 is 11.1 Å². The standard InChI is InChI=1S/C15H22BrNO3.C9H17BrO2.C6H6BrNO.CH4/c1-5-20-15(19)13(7-6-10(2)3)17-9-12(16)11(4)8-14(17)18;1-4-12-9(11)8(10)6-5-7(2)3;1-4-2-6(9)8-3-5(4)7;/h8-10,13H,5-7H2,1-4H3;7-8H,4-6H2,1-3H3;2-3H,1H3,(H,8,9);1H4. The van der Waals surface area contributed by atoms with Crippen molar-refractivity contribution in [2.45, 2.75) is 99.4 Å². The number of H-pyrrole nitrogens is 1. The number of rotatable bonds is 11. The highest BCUT2D eigenvalue weighted by Crippen LogP contribution is 2.21. The van der Waals surface area contributed by atoms with Gasteiger partial charge in [0.1, 0.15) is 10.9 Å². The molecule has 0 aromatic carbocycles. The third kappa shape index (κ3) is 17.4. The molecule has 2 aromatic rings. The van der Waals surface area contributed by atoms with Gasteiger partial charge in [-0.2, -0.15) is 0 Å². The average molecular weight is 785 g/mol. The van der Waals surface area contributed by atoms with Gasteiger partial charge in [0, 0.05) is 33.5 Å². The maximum Gasteiger partial charge on any atom is 0.329 e. The summed E-state index contributed by atoms with van der Waals surface area (Å²) in [5, 5.41) is 0. The fourth-order valence-corrected chi connectivity index (χ4v) is 4.31. The summed E-state index contributed by atoms with van der Waals surface area (Å²) in [6, 6.07) is 2.53. The van der Waals surface area contributed by atoms with Crippen molar-refractivity contribution in [3.63, 3.8) is 0 Å². The van der Waals surface area contributed by atoms with Gasteiger partial charge in [-0.25, -0.2) is 4.79 Å². The summed E-state index contributed by atoms with van der Waals surface area (Å²) in [4.78, 5) is 48.3. The molecule has 2 atom stereocenters. The molecule has 240 valence electrons. The summed E-state index contributed by atoms with van der Waals surface area (Å²) < 4.78 is 13.2. The van der Waals surface area contributed by atoms with E-state index in [1.165, 1.54) is 10.6 Å². The molecule has 11 heteroatoms. The SMILES string of the molecule is C.CCOC(=O)C(Br)CCC(C)C.CCOC(=O)C(CCC(C)C)n1cc(Br)c(C)cc1=O.Cc1cc(=O)[nH]cc1Br. The lowest BCUT2D eigenvalue weighted by molar-refractivity contribution is -0.147. The maximum atomic E-state index is 12.1. The van der Waals surface area contributed by atoms with E-state index in [0.717, 1.165) is 39.3 Å². The fourth-order valence-electron chi connectivity index (χ4n) is 3.35. The number of pyridine rings is 2. The Hall–Kier alpha value is -1.72. The van der Waals surface area contributed by atoms with Gasteiger partial charge >= 0.3 is 11.9 Å². The molecule has 2 aromatic heterocycles. The Morgan fingerprint density at radius 2 is 1.33 bits per heavy atom. The summed E-state index contributed by atoms with van der Waals surface area (Å²) in [5.41, 5.74) is 1.58. The van der Waals surface area contributed by atoms with E-state index in [-0.39, 0.29) is 35.3 Å². The number of aromatic nitrogens is 2. The summed E-state index contributed by atoms with van der Waals surface area (Å²) in [7, 11) is 0. The second-order valence-electron chi connectivity index (χ2n) is 10.3. The number of esters is 2. The molecule has 2 heterocycles. The first-order valence-corrected chi connectivity index (χ1v) is 16.3. The van der Waals surface area contributed by atoms with E-state index in [0.29, 0.717) is 31.5 Å². The van der Waals surface area contributed by atoms with Crippen LogP contribution in [0.15, 0.2) is 43.1 Å². The molecule has 0 aliphatic heterocycles. The number of hydrogen-bond acceptors (Lipinski definition) is 6. The fraction of sp³-hybridized carbons (Fsp3) is 0.613. The highest BCUT2D eigenvalue weighted by atomic mass is 79.9. The third-order valence-electron chi connectivity index (χ3n) is 5.74. The van der Waals surface area contributed by atoms with E-state index in [1.807, 2.05) is 20.8 Å². The van der Waals surface area contributed by atoms with Crippen molar-refractivity contribution in [3.05, 3.63) is 65.3 Å². The molecule has 0 saturated heterocycles. The predicted molar refractivity (Wildman–Crippen MR) is 183 cm³/mol. The molecule has 0 radical (unpaired) electrons. The molecule has 2 unspecified atom stereocenters. The number of aromatic amines is 1. The Kier molecular flexibility index (Phi) is 23.0. The Balaban J connectivity index is 0.